The highest BCUT2D eigenvalue weighted by atomic mass is 16.5. The number of aromatic nitrogens is 2. The fraction of sp³-hybridized carbons (Fsp3) is 0.0741. The summed E-state index contributed by atoms with van der Waals surface area (Å²) >= 11 is 0. The number of nitriles is 1. The largest absolute Gasteiger partial charge is 0.497 e. The van der Waals surface area contributed by atoms with Gasteiger partial charge in [0.15, 0.2) is 0 Å². The third-order valence-corrected chi connectivity index (χ3v) is 4.99. The Morgan fingerprint density at radius 2 is 1.76 bits per heavy atom. The summed E-state index contributed by atoms with van der Waals surface area (Å²) in [5.41, 5.74) is 4.70. The van der Waals surface area contributed by atoms with Gasteiger partial charge >= 0.3 is 5.97 Å². The lowest BCUT2D eigenvalue weighted by atomic mass is 10.1. The number of carbonyl (C=O) groups is 1. The molecule has 0 radical (unpaired) electrons. The van der Waals surface area contributed by atoms with Crippen LogP contribution in [0.5, 0.6) is 5.75 Å². The molecular formula is C27H21N3O3. The molecular weight excluding hydrogens is 414 g/mol. The lowest BCUT2D eigenvalue weighted by Crippen LogP contribution is -2.00. The number of hydrogen-bond donors (Lipinski definition) is 0. The van der Waals surface area contributed by atoms with E-state index in [0.29, 0.717) is 5.56 Å². The van der Waals surface area contributed by atoms with Crippen LogP contribution in [0.4, 0.5) is 0 Å². The van der Waals surface area contributed by atoms with E-state index in [1.54, 1.807) is 42.1 Å². The van der Waals surface area contributed by atoms with Crippen LogP contribution in [-0.2, 0) is 16.1 Å². The first-order chi connectivity index (χ1) is 16.2. The van der Waals surface area contributed by atoms with E-state index in [0.717, 1.165) is 33.8 Å². The van der Waals surface area contributed by atoms with Gasteiger partial charge in [0.25, 0.3) is 0 Å². The SMILES string of the molecule is COc1ccc(-c2nn(-c3ccccc3)cc2C=CC(=O)OCc2ccc(C#N)cc2)cc1. The molecule has 33 heavy (non-hydrogen) atoms. The zero-order valence-electron chi connectivity index (χ0n) is 18.0. The number of nitrogens with zero attached hydrogens (tertiary/aromatic N) is 3. The van der Waals surface area contributed by atoms with Gasteiger partial charge in [-0.25, -0.2) is 9.48 Å². The lowest BCUT2D eigenvalue weighted by Gasteiger charge is -2.03. The zero-order chi connectivity index (χ0) is 23.0. The highest BCUT2D eigenvalue weighted by Gasteiger charge is 2.11. The van der Waals surface area contributed by atoms with Crippen molar-refractivity contribution in [1.29, 1.82) is 5.26 Å². The summed E-state index contributed by atoms with van der Waals surface area (Å²) in [6.45, 7) is 0.128. The van der Waals surface area contributed by atoms with E-state index >= 15 is 0 Å². The van der Waals surface area contributed by atoms with Gasteiger partial charge in [-0.05, 0) is 60.2 Å². The molecule has 0 spiro atoms. The van der Waals surface area contributed by atoms with Crippen molar-refractivity contribution in [3.05, 3.63) is 108 Å². The molecule has 3 aromatic carbocycles. The zero-order valence-corrected chi connectivity index (χ0v) is 18.0. The highest BCUT2D eigenvalue weighted by Crippen LogP contribution is 2.26. The lowest BCUT2D eigenvalue weighted by molar-refractivity contribution is -0.138. The summed E-state index contributed by atoms with van der Waals surface area (Å²) in [7, 11) is 1.62. The molecule has 6 heteroatoms. The van der Waals surface area contributed by atoms with Gasteiger partial charge in [-0.2, -0.15) is 10.4 Å². The van der Waals surface area contributed by atoms with Crippen LogP contribution in [0, 0.1) is 11.3 Å². The molecule has 0 bridgehead atoms. The Morgan fingerprint density at radius 1 is 1.03 bits per heavy atom. The summed E-state index contributed by atoms with van der Waals surface area (Å²) < 4.78 is 12.4. The van der Waals surface area contributed by atoms with E-state index in [1.807, 2.05) is 60.8 Å². The molecule has 1 heterocycles. The Bertz CT molecular complexity index is 1300. The third-order valence-electron chi connectivity index (χ3n) is 4.99. The number of methoxy groups -OCH3 is 1. The predicted molar refractivity (Wildman–Crippen MR) is 126 cm³/mol. The van der Waals surface area contributed by atoms with Crippen LogP contribution in [0.2, 0.25) is 0 Å². The first-order valence-electron chi connectivity index (χ1n) is 10.3. The number of hydrogen-bond acceptors (Lipinski definition) is 5. The molecule has 4 aromatic rings. The first kappa shape index (κ1) is 21.6. The van der Waals surface area contributed by atoms with Crippen molar-refractivity contribution in [2.75, 3.05) is 7.11 Å². The van der Waals surface area contributed by atoms with Crippen molar-refractivity contribution in [3.63, 3.8) is 0 Å². The van der Waals surface area contributed by atoms with Gasteiger partial charge in [0.2, 0.25) is 0 Å². The molecule has 6 nitrogen and oxygen atoms in total. The van der Waals surface area contributed by atoms with Crippen LogP contribution >= 0.6 is 0 Å². The summed E-state index contributed by atoms with van der Waals surface area (Å²) in [6.07, 6.45) is 4.97. The minimum Gasteiger partial charge on any atom is -0.497 e. The number of carbonyl (C=O) groups excluding carboxylic acids is 1. The fourth-order valence-electron chi connectivity index (χ4n) is 3.23. The van der Waals surface area contributed by atoms with E-state index in [2.05, 4.69) is 6.07 Å². The van der Waals surface area contributed by atoms with Gasteiger partial charge in [0, 0.05) is 23.4 Å². The van der Waals surface area contributed by atoms with Crippen LogP contribution in [0.3, 0.4) is 0 Å². The van der Waals surface area contributed by atoms with E-state index < -0.39 is 5.97 Å². The van der Waals surface area contributed by atoms with Crippen molar-refractivity contribution in [2.45, 2.75) is 6.61 Å². The molecule has 1 aromatic heterocycles. The van der Waals surface area contributed by atoms with E-state index in [9.17, 15) is 4.79 Å². The molecule has 0 N–H and O–H groups in total. The number of benzene rings is 3. The number of rotatable bonds is 7. The van der Waals surface area contributed by atoms with Gasteiger partial charge < -0.3 is 9.47 Å². The molecule has 0 atom stereocenters. The Balaban J connectivity index is 1.55. The second-order valence-electron chi connectivity index (χ2n) is 7.19. The van der Waals surface area contributed by atoms with Crippen molar-refractivity contribution < 1.29 is 14.3 Å². The normalized spacial score (nSPS) is 10.7. The fourth-order valence-corrected chi connectivity index (χ4v) is 3.23. The minimum absolute atomic E-state index is 0.128. The Morgan fingerprint density at radius 3 is 2.42 bits per heavy atom. The van der Waals surface area contributed by atoms with Crippen molar-refractivity contribution >= 4 is 12.0 Å². The molecule has 0 unspecified atom stereocenters. The number of ether oxygens (including phenoxy) is 2. The molecule has 162 valence electrons. The van der Waals surface area contributed by atoms with Gasteiger partial charge in [0.05, 0.1) is 30.1 Å². The van der Waals surface area contributed by atoms with Crippen LogP contribution in [-0.4, -0.2) is 22.9 Å². The second kappa shape index (κ2) is 10.1. The highest BCUT2D eigenvalue weighted by molar-refractivity contribution is 5.88. The average Bonchev–Trinajstić information content (AvgIpc) is 3.31. The van der Waals surface area contributed by atoms with Crippen LogP contribution < -0.4 is 4.74 Å². The van der Waals surface area contributed by atoms with Gasteiger partial charge in [0.1, 0.15) is 12.4 Å². The number of esters is 1. The molecule has 0 aliphatic carbocycles. The summed E-state index contributed by atoms with van der Waals surface area (Å²) in [6, 6.07) is 26.3. The van der Waals surface area contributed by atoms with Crippen LogP contribution in [0.1, 0.15) is 16.7 Å². The molecule has 0 saturated carbocycles. The van der Waals surface area contributed by atoms with Gasteiger partial charge in [-0.1, -0.05) is 30.3 Å². The minimum atomic E-state index is -0.465. The van der Waals surface area contributed by atoms with Crippen molar-refractivity contribution in [3.8, 4) is 28.8 Å². The van der Waals surface area contributed by atoms with E-state index in [4.69, 9.17) is 19.8 Å². The maximum Gasteiger partial charge on any atom is 0.331 e. The van der Waals surface area contributed by atoms with Crippen molar-refractivity contribution in [2.24, 2.45) is 0 Å². The monoisotopic (exact) mass is 435 g/mol. The van der Waals surface area contributed by atoms with E-state index in [1.165, 1.54) is 6.08 Å². The Labute approximate surface area is 191 Å². The average molecular weight is 435 g/mol. The maximum absolute atomic E-state index is 12.3. The second-order valence-corrected chi connectivity index (χ2v) is 7.19. The van der Waals surface area contributed by atoms with Gasteiger partial charge in [-0.3, -0.25) is 0 Å². The quantitative estimate of drug-likeness (QED) is 0.295. The number of para-hydroxylation sites is 1. The predicted octanol–water partition coefficient (Wildman–Crippen LogP) is 5.18. The molecule has 0 aliphatic heterocycles. The molecule has 0 fully saturated rings. The van der Waals surface area contributed by atoms with E-state index in [-0.39, 0.29) is 6.61 Å². The summed E-state index contributed by atoms with van der Waals surface area (Å²) in [5.74, 6) is 0.289. The summed E-state index contributed by atoms with van der Waals surface area (Å²) in [4.78, 5) is 12.3. The first-order valence-corrected chi connectivity index (χ1v) is 10.3. The molecule has 0 aliphatic rings. The standard InChI is InChI=1S/C27H21N3O3/c1-32-25-14-11-22(12-15-25)27-23(18-30(29-27)24-5-3-2-4-6-24)13-16-26(31)33-19-21-9-7-20(17-28)8-10-21/h2-16,18H,19H2,1H3. The molecule has 4 rings (SSSR count). The van der Waals surface area contributed by atoms with Crippen LogP contribution in [0.25, 0.3) is 23.0 Å². The Kier molecular flexibility index (Phi) is 6.62. The van der Waals surface area contributed by atoms with Crippen molar-refractivity contribution in [1.82, 2.24) is 9.78 Å². The van der Waals surface area contributed by atoms with Crippen LogP contribution in [0.15, 0.2) is 91.1 Å². The van der Waals surface area contributed by atoms with Gasteiger partial charge in [-0.15, -0.1) is 0 Å². The summed E-state index contributed by atoms with van der Waals surface area (Å²) in [5, 5.41) is 13.6. The third kappa shape index (κ3) is 5.35. The molecule has 0 amide bonds. The molecule has 0 saturated heterocycles. The Hall–Kier alpha value is -4.63. The smallest absolute Gasteiger partial charge is 0.331 e. The maximum atomic E-state index is 12.3. The topological polar surface area (TPSA) is 77.1 Å².